The van der Waals surface area contributed by atoms with Gasteiger partial charge in [-0.1, -0.05) is 34.7 Å². The van der Waals surface area contributed by atoms with E-state index in [4.69, 9.17) is 5.73 Å². The third-order valence-electron chi connectivity index (χ3n) is 4.29. The number of carbonyl (C=O) groups is 1. The lowest BCUT2D eigenvalue weighted by Crippen LogP contribution is -2.24. The molecular formula is C18H20IN5O5. The van der Waals surface area contributed by atoms with Crippen molar-refractivity contribution in [1.29, 1.82) is 0 Å². The van der Waals surface area contributed by atoms with Crippen molar-refractivity contribution in [2.24, 2.45) is 5.73 Å². The number of rotatable bonds is 10. The van der Waals surface area contributed by atoms with Crippen LogP contribution in [0.15, 0.2) is 36.4 Å². The van der Waals surface area contributed by atoms with Gasteiger partial charge in [0.15, 0.2) is 0 Å². The van der Waals surface area contributed by atoms with Crippen LogP contribution in [0.3, 0.4) is 0 Å². The number of nitro groups is 2. The predicted molar refractivity (Wildman–Crippen MR) is 119 cm³/mol. The molecule has 2 aromatic rings. The van der Waals surface area contributed by atoms with E-state index >= 15 is 0 Å². The van der Waals surface area contributed by atoms with Crippen molar-refractivity contribution in [1.82, 2.24) is 0 Å². The molecule has 0 spiro atoms. The van der Waals surface area contributed by atoms with E-state index in [1.807, 2.05) is 24.3 Å². The molecule has 1 amide bonds. The Morgan fingerprint density at radius 2 is 1.76 bits per heavy atom. The van der Waals surface area contributed by atoms with Crippen LogP contribution in [-0.4, -0.2) is 33.3 Å². The van der Waals surface area contributed by atoms with Gasteiger partial charge in [-0.05, 0) is 30.7 Å². The highest BCUT2D eigenvalue weighted by atomic mass is 127. The number of nitro benzene ring substituents is 2. The van der Waals surface area contributed by atoms with Gasteiger partial charge in [-0.2, -0.15) is 0 Å². The van der Waals surface area contributed by atoms with Crippen LogP contribution in [-0.2, 0) is 6.54 Å². The summed E-state index contributed by atoms with van der Waals surface area (Å²) in [6.07, 6.45) is 0. The molecule has 0 radical (unpaired) electrons. The van der Waals surface area contributed by atoms with Gasteiger partial charge in [-0.3, -0.25) is 25.0 Å². The zero-order chi connectivity index (χ0) is 21.6. The molecule has 0 atom stereocenters. The fraction of sp³-hybridized carbons (Fsp3) is 0.278. The van der Waals surface area contributed by atoms with E-state index in [2.05, 4.69) is 39.7 Å². The number of primary amides is 1. The summed E-state index contributed by atoms with van der Waals surface area (Å²) in [5, 5.41) is 25.3. The number of hydrogen-bond acceptors (Lipinski definition) is 7. The second kappa shape index (κ2) is 10.0. The number of halogens is 1. The normalized spacial score (nSPS) is 10.4. The summed E-state index contributed by atoms with van der Waals surface area (Å²) < 4.78 is 1.00. The zero-order valence-electron chi connectivity index (χ0n) is 15.6. The monoisotopic (exact) mass is 513 g/mol. The highest BCUT2D eigenvalue weighted by Gasteiger charge is 2.26. The second-order valence-electron chi connectivity index (χ2n) is 6.05. The van der Waals surface area contributed by atoms with Crippen LogP contribution < -0.4 is 16.0 Å². The molecule has 3 N–H and O–H groups in total. The molecule has 154 valence electrons. The van der Waals surface area contributed by atoms with Gasteiger partial charge >= 0.3 is 0 Å². The maximum atomic E-state index is 11.5. The van der Waals surface area contributed by atoms with Gasteiger partial charge in [0.2, 0.25) is 0 Å². The van der Waals surface area contributed by atoms with E-state index in [-0.39, 0.29) is 12.2 Å². The third-order valence-corrected chi connectivity index (χ3v) is 4.78. The van der Waals surface area contributed by atoms with Gasteiger partial charge in [0.05, 0.1) is 15.9 Å². The van der Waals surface area contributed by atoms with Gasteiger partial charge in [0.25, 0.3) is 17.3 Å². The first-order chi connectivity index (χ1) is 13.8. The van der Waals surface area contributed by atoms with Crippen LogP contribution in [0.25, 0.3) is 0 Å². The lowest BCUT2D eigenvalue weighted by Gasteiger charge is -2.22. The molecule has 0 saturated carbocycles. The van der Waals surface area contributed by atoms with Crippen molar-refractivity contribution in [3.05, 3.63) is 67.8 Å². The summed E-state index contributed by atoms with van der Waals surface area (Å²) in [6, 6.07) is 9.51. The minimum atomic E-state index is -1.03. The Morgan fingerprint density at radius 3 is 2.24 bits per heavy atom. The van der Waals surface area contributed by atoms with E-state index < -0.39 is 32.7 Å². The first-order valence-electron chi connectivity index (χ1n) is 8.68. The summed E-state index contributed by atoms with van der Waals surface area (Å²) in [7, 11) is 0. The Balaban J connectivity index is 2.27. The molecule has 0 aliphatic rings. The van der Waals surface area contributed by atoms with Crippen molar-refractivity contribution < 1.29 is 14.6 Å². The number of benzene rings is 2. The average molecular weight is 513 g/mol. The number of amides is 1. The number of anilines is 2. The minimum Gasteiger partial charge on any atom is -0.375 e. The molecule has 2 aromatic carbocycles. The minimum absolute atomic E-state index is 0.0152. The molecule has 0 aliphatic carbocycles. The molecule has 29 heavy (non-hydrogen) atoms. The number of nitrogens with two attached hydrogens (primary N) is 1. The molecule has 2 rings (SSSR count). The number of hydrogen-bond donors (Lipinski definition) is 2. The molecule has 11 heteroatoms. The SMILES string of the molecule is CCN(CCI)c1ccc(CNc2cc(C(N)=O)c([N+](=O)[O-])cc2[N+](=O)[O-])cc1. The first-order valence-corrected chi connectivity index (χ1v) is 10.2. The number of nitrogens with zero attached hydrogens (tertiary/aromatic N) is 3. The topological polar surface area (TPSA) is 145 Å². The number of alkyl halides is 1. The van der Waals surface area contributed by atoms with Crippen molar-refractivity contribution in [2.75, 3.05) is 27.7 Å². The molecule has 0 aromatic heterocycles. The van der Waals surface area contributed by atoms with Crippen molar-refractivity contribution in [2.45, 2.75) is 13.5 Å². The lowest BCUT2D eigenvalue weighted by atomic mass is 10.1. The van der Waals surface area contributed by atoms with Crippen LogP contribution in [0.5, 0.6) is 0 Å². The number of nitrogens with one attached hydrogen (secondary N) is 1. The average Bonchev–Trinajstić information content (AvgIpc) is 2.69. The largest absolute Gasteiger partial charge is 0.375 e. The maximum Gasteiger partial charge on any atom is 0.299 e. The van der Waals surface area contributed by atoms with E-state index in [0.717, 1.165) is 40.9 Å². The zero-order valence-corrected chi connectivity index (χ0v) is 17.8. The summed E-state index contributed by atoms with van der Waals surface area (Å²) >= 11 is 2.32. The van der Waals surface area contributed by atoms with Gasteiger partial charge in [-0.15, -0.1) is 0 Å². The quantitative estimate of drug-likeness (QED) is 0.214. The standard InChI is InChI=1S/C18H20IN5O5/c1-2-22(8-7-19)13-5-3-12(4-6-13)11-21-15-9-14(18(20)25)16(23(26)27)10-17(15)24(28)29/h3-6,9-10,21H,2,7-8,11H2,1H3,(H2,20,25). The molecule has 0 saturated heterocycles. The molecule has 10 nitrogen and oxygen atoms in total. The van der Waals surface area contributed by atoms with Crippen molar-refractivity contribution >= 4 is 51.2 Å². The van der Waals surface area contributed by atoms with Gasteiger partial charge < -0.3 is 16.0 Å². The summed E-state index contributed by atoms with van der Waals surface area (Å²) in [4.78, 5) is 34.6. The maximum absolute atomic E-state index is 11.5. The van der Waals surface area contributed by atoms with E-state index in [9.17, 15) is 25.0 Å². The molecule has 0 aliphatic heterocycles. The van der Waals surface area contributed by atoms with E-state index in [0.29, 0.717) is 0 Å². The van der Waals surface area contributed by atoms with Crippen molar-refractivity contribution in [3.8, 4) is 0 Å². The van der Waals surface area contributed by atoms with Gasteiger partial charge in [0, 0.05) is 29.7 Å². The van der Waals surface area contributed by atoms with Crippen LogP contribution >= 0.6 is 22.6 Å². The van der Waals surface area contributed by atoms with Crippen LogP contribution in [0.1, 0.15) is 22.8 Å². The Labute approximate surface area is 180 Å². The highest BCUT2D eigenvalue weighted by Crippen LogP contribution is 2.33. The highest BCUT2D eigenvalue weighted by molar-refractivity contribution is 14.1. The van der Waals surface area contributed by atoms with Crippen LogP contribution in [0, 0.1) is 20.2 Å². The summed E-state index contributed by atoms with van der Waals surface area (Å²) in [5.41, 5.74) is 5.51. The second-order valence-corrected chi connectivity index (χ2v) is 7.13. The first kappa shape index (κ1) is 22.3. The Hall–Kier alpha value is -2.96. The van der Waals surface area contributed by atoms with Crippen LogP contribution in [0.4, 0.5) is 22.7 Å². The Kier molecular flexibility index (Phi) is 7.70. The van der Waals surface area contributed by atoms with Crippen molar-refractivity contribution in [3.63, 3.8) is 0 Å². The molecule has 0 unspecified atom stereocenters. The summed E-state index contributed by atoms with van der Waals surface area (Å²) in [5.74, 6) is -1.03. The third kappa shape index (κ3) is 5.53. The van der Waals surface area contributed by atoms with Gasteiger partial charge in [-0.25, -0.2) is 0 Å². The Bertz CT molecular complexity index is 920. The molecular weight excluding hydrogens is 493 g/mol. The lowest BCUT2D eigenvalue weighted by molar-refractivity contribution is -0.393. The van der Waals surface area contributed by atoms with Gasteiger partial charge in [0.1, 0.15) is 11.3 Å². The molecule has 0 bridgehead atoms. The van der Waals surface area contributed by atoms with Crippen LogP contribution in [0.2, 0.25) is 0 Å². The summed E-state index contributed by atoms with van der Waals surface area (Å²) in [6.45, 7) is 4.12. The van der Waals surface area contributed by atoms with E-state index in [1.54, 1.807) is 0 Å². The van der Waals surface area contributed by atoms with E-state index in [1.165, 1.54) is 0 Å². The fourth-order valence-electron chi connectivity index (χ4n) is 2.81. The number of carbonyl (C=O) groups excluding carboxylic acids is 1. The Morgan fingerprint density at radius 1 is 1.14 bits per heavy atom. The predicted octanol–water partition coefficient (Wildman–Crippen LogP) is 3.48. The molecule has 0 fully saturated rings. The fourth-order valence-corrected chi connectivity index (χ4v) is 3.39. The molecule has 0 heterocycles. The smallest absolute Gasteiger partial charge is 0.299 e.